The molecule has 0 aliphatic rings. The molecular formula is C20H16N2O4. The number of rotatable bonds is 3. The third-order valence-corrected chi connectivity index (χ3v) is 4.32. The summed E-state index contributed by atoms with van der Waals surface area (Å²) in [5.74, 6) is 0.649. The van der Waals surface area contributed by atoms with Crippen molar-refractivity contribution in [1.82, 2.24) is 9.38 Å². The second-order valence-electron chi connectivity index (χ2n) is 6.17. The molecule has 0 N–H and O–H groups in total. The van der Waals surface area contributed by atoms with Crippen molar-refractivity contribution in [3.63, 3.8) is 0 Å². The van der Waals surface area contributed by atoms with E-state index in [2.05, 4.69) is 4.98 Å². The van der Waals surface area contributed by atoms with Crippen molar-refractivity contribution in [3.05, 3.63) is 86.3 Å². The predicted octanol–water partition coefficient (Wildman–Crippen LogP) is 2.71. The lowest BCUT2D eigenvalue weighted by molar-refractivity contribution is 0.415. The van der Waals surface area contributed by atoms with Gasteiger partial charge in [0.2, 0.25) is 0 Å². The van der Waals surface area contributed by atoms with E-state index in [0.29, 0.717) is 28.1 Å². The standard InChI is InChI=1S/C20H16N2O4/c1-12-5-6-22-11-14(20(24)21-18(22)7-12)8-13-9-19(23)26-17-4-3-15(25-2)10-16(13)17/h3-7,9-11H,8H2,1-2H3. The van der Waals surface area contributed by atoms with E-state index in [1.54, 1.807) is 35.9 Å². The van der Waals surface area contributed by atoms with E-state index in [0.717, 1.165) is 10.9 Å². The van der Waals surface area contributed by atoms with Crippen LogP contribution >= 0.6 is 0 Å². The maximum absolute atomic E-state index is 12.4. The van der Waals surface area contributed by atoms with E-state index in [1.165, 1.54) is 6.07 Å². The third kappa shape index (κ3) is 2.86. The molecule has 0 aliphatic heterocycles. The summed E-state index contributed by atoms with van der Waals surface area (Å²) in [5.41, 5.74) is 2.52. The minimum Gasteiger partial charge on any atom is -0.497 e. The molecule has 0 radical (unpaired) electrons. The van der Waals surface area contributed by atoms with E-state index >= 15 is 0 Å². The fraction of sp³-hybridized carbons (Fsp3) is 0.150. The Bertz CT molecular complexity index is 1250. The Morgan fingerprint density at radius 3 is 2.77 bits per heavy atom. The van der Waals surface area contributed by atoms with E-state index in [4.69, 9.17) is 9.15 Å². The molecule has 0 unspecified atom stereocenters. The van der Waals surface area contributed by atoms with Gasteiger partial charge in [0.05, 0.1) is 7.11 Å². The van der Waals surface area contributed by atoms with Crippen molar-refractivity contribution in [3.8, 4) is 5.75 Å². The van der Waals surface area contributed by atoms with Crippen molar-refractivity contribution in [2.75, 3.05) is 7.11 Å². The number of ether oxygens (including phenoxy) is 1. The molecule has 0 bridgehead atoms. The van der Waals surface area contributed by atoms with Crippen LogP contribution in [0.25, 0.3) is 16.6 Å². The Morgan fingerprint density at radius 2 is 1.96 bits per heavy atom. The average molecular weight is 348 g/mol. The van der Waals surface area contributed by atoms with Crippen LogP contribution in [0.3, 0.4) is 0 Å². The van der Waals surface area contributed by atoms with Crippen LogP contribution in [0.15, 0.2) is 62.8 Å². The molecule has 0 saturated carbocycles. The fourth-order valence-corrected chi connectivity index (χ4v) is 3.01. The van der Waals surface area contributed by atoms with Crippen molar-refractivity contribution in [1.29, 1.82) is 0 Å². The molecule has 4 rings (SSSR count). The molecule has 0 aliphatic carbocycles. The molecule has 3 aromatic heterocycles. The predicted molar refractivity (Wildman–Crippen MR) is 98.0 cm³/mol. The van der Waals surface area contributed by atoms with Gasteiger partial charge in [-0.1, -0.05) is 0 Å². The van der Waals surface area contributed by atoms with Gasteiger partial charge in [-0.3, -0.25) is 4.79 Å². The largest absolute Gasteiger partial charge is 0.497 e. The molecule has 0 saturated heterocycles. The maximum atomic E-state index is 12.4. The highest BCUT2D eigenvalue weighted by atomic mass is 16.5. The number of nitrogens with zero attached hydrogens (tertiary/aromatic N) is 2. The summed E-state index contributed by atoms with van der Waals surface area (Å²) in [4.78, 5) is 28.5. The Hall–Kier alpha value is -3.41. The Kier molecular flexibility index (Phi) is 3.80. The number of hydrogen-bond acceptors (Lipinski definition) is 5. The summed E-state index contributed by atoms with van der Waals surface area (Å²) in [6.07, 6.45) is 3.89. The third-order valence-electron chi connectivity index (χ3n) is 4.32. The first-order chi connectivity index (χ1) is 12.5. The van der Waals surface area contributed by atoms with Crippen LogP contribution in [0.2, 0.25) is 0 Å². The minimum atomic E-state index is -0.456. The Morgan fingerprint density at radius 1 is 1.12 bits per heavy atom. The van der Waals surface area contributed by atoms with Gasteiger partial charge in [-0.25, -0.2) is 4.79 Å². The van der Waals surface area contributed by atoms with Gasteiger partial charge >= 0.3 is 5.63 Å². The number of aryl methyl sites for hydroxylation is 1. The second kappa shape index (κ2) is 6.15. The zero-order chi connectivity index (χ0) is 18.3. The summed E-state index contributed by atoms with van der Waals surface area (Å²) in [7, 11) is 1.57. The number of hydrogen-bond donors (Lipinski definition) is 0. The van der Waals surface area contributed by atoms with Crippen LogP contribution in [0, 0.1) is 6.92 Å². The zero-order valence-electron chi connectivity index (χ0n) is 14.4. The van der Waals surface area contributed by atoms with Crippen LogP contribution in [0.5, 0.6) is 5.75 Å². The molecule has 0 atom stereocenters. The average Bonchev–Trinajstić information content (AvgIpc) is 2.62. The first kappa shape index (κ1) is 16.1. The van der Waals surface area contributed by atoms with E-state index in [-0.39, 0.29) is 12.0 Å². The first-order valence-corrected chi connectivity index (χ1v) is 8.13. The number of methoxy groups -OCH3 is 1. The molecule has 0 spiro atoms. The minimum absolute atomic E-state index is 0.276. The summed E-state index contributed by atoms with van der Waals surface area (Å²) in [6, 6.07) is 10.4. The van der Waals surface area contributed by atoms with Gasteiger partial charge < -0.3 is 13.6 Å². The lowest BCUT2D eigenvalue weighted by Gasteiger charge is -2.08. The van der Waals surface area contributed by atoms with Gasteiger partial charge in [0.1, 0.15) is 17.0 Å². The number of benzene rings is 1. The molecule has 1 aromatic carbocycles. The van der Waals surface area contributed by atoms with Crippen LogP contribution in [-0.4, -0.2) is 16.5 Å². The van der Waals surface area contributed by atoms with Crippen LogP contribution in [0.1, 0.15) is 16.7 Å². The van der Waals surface area contributed by atoms with Gasteiger partial charge in [0, 0.05) is 35.8 Å². The quantitative estimate of drug-likeness (QED) is 0.532. The number of aromatic nitrogens is 2. The Labute approximate surface area is 148 Å². The Balaban J connectivity index is 1.88. The molecule has 0 amide bonds. The van der Waals surface area contributed by atoms with Crippen LogP contribution < -0.4 is 15.9 Å². The van der Waals surface area contributed by atoms with Crippen molar-refractivity contribution >= 4 is 16.6 Å². The molecule has 0 fully saturated rings. The summed E-state index contributed by atoms with van der Waals surface area (Å²) >= 11 is 0. The molecule has 6 heteroatoms. The summed E-state index contributed by atoms with van der Waals surface area (Å²) in [6.45, 7) is 1.95. The second-order valence-corrected chi connectivity index (χ2v) is 6.17. The van der Waals surface area contributed by atoms with Gasteiger partial charge in [-0.2, -0.15) is 4.98 Å². The highest BCUT2D eigenvalue weighted by Gasteiger charge is 2.11. The highest BCUT2D eigenvalue weighted by molar-refractivity contribution is 5.82. The topological polar surface area (TPSA) is 73.8 Å². The van der Waals surface area contributed by atoms with Crippen molar-refractivity contribution < 1.29 is 9.15 Å². The normalized spacial score (nSPS) is 11.2. The fourth-order valence-electron chi connectivity index (χ4n) is 3.01. The number of fused-ring (bicyclic) bond motifs is 2. The number of pyridine rings is 1. The summed E-state index contributed by atoms with van der Waals surface area (Å²) in [5, 5.41) is 0.734. The lowest BCUT2D eigenvalue weighted by atomic mass is 10.0. The monoisotopic (exact) mass is 348 g/mol. The smallest absolute Gasteiger partial charge is 0.336 e. The van der Waals surface area contributed by atoms with E-state index < -0.39 is 5.63 Å². The molecule has 3 heterocycles. The molecular weight excluding hydrogens is 332 g/mol. The molecule has 6 nitrogen and oxygen atoms in total. The molecule has 26 heavy (non-hydrogen) atoms. The zero-order valence-corrected chi connectivity index (χ0v) is 14.4. The van der Waals surface area contributed by atoms with Crippen LogP contribution in [-0.2, 0) is 6.42 Å². The van der Waals surface area contributed by atoms with Gasteiger partial charge in [0.25, 0.3) is 5.56 Å². The molecule has 4 aromatic rings. The SMILES string of the molecule is COc1ccc2oc(=O)cc(Cc3cn4ccc(C)cc4nc3=O)c2c1. The van der Waals surface area contributed by atoms with Gasteiger partial charge in [-0.05, 0) is 48.4 Å². The lowest BCUT2D eigenvalue weighted by Crippen LogP contribution is -2.16. The maximum Gasteiger partial charge on any atom is 0.336 e. The van der Waals surface area contributed by atoms with Gasteiger partial charge in [0.15, 0.2) is 0 Å². The first-order valence-electron chi connectivity index (χ1n) is 8.13. The van der Waals surface area contributed by atoms with E-state index in [1.807, 2.05) is 25.3 Å². The van der Waals surface area contributed by atoms with Crippen molar-refractivity contribution in [2.24, 2.45) is 0 Å². The van der Waals surface area contributed by atoms with Crippen molar-refractivity contribution in [2.45, 2.75) is 13.3 Å². The summed E-state index contributed by atoms with van der Waals surface area (Å²) < 4.78 is 12.3. The van der Waals surface area contributed by atoms with Crippen LogP contribution in [0.4, 0.5) is 0 Å². The van der Waals surface area contributed by atoms with E-state index in [9.17, 15) is 9.59 Å². The van der Waals surface area contributed by atoms with Gasteiger partial charge in [-0.15, -0.1) is 0 Å². The molecule has 130 valence electrons. The highest BCUT2D eigenvalue weighted by Crippen LogP contribution is 2.24.